The molecule has 5 N–H and O–H groups in total. The summed E-state index contributed by atoms with van der Waals surface area (Å²) in [5, 5.41) is 19.5. The van der Waals surface area contributed by atoms with Crippen LogP contribution in [0.4, 0.5) is 0 Å². The molecule has 0 aromatic carbocycles. The number of likely N-dealkylation sites (N-methyl/N-ethyl adjacent to an activating group) is 1. The van der Waals surface area contributed by atoms with Crippen LogP contribution in [0.3, 0.4) is 0 Å². The molecule has 2 aliphatic carbocycles. The van der Waals surface area contributed by atoms with Gasteiger partial charge in [0.2, 0.25) is 0 Å². The molecule has 2 saturated carbocycles. The molecule has 5 fully saturated rings. The van der Waals surface area contributed by atoms with Crippen molar-refractivity contribution in [3.05, 3.63) is 0 Å². The molecule has 0 aromatic rings. The van der Waals surface area contributed by atoms with Gasteiger partial charge in [-0.05, 0) is 111 Å². The van der Waals surface area contributed by atoms with E-state index < -0.39 is 10.4 Å². The van der Waals surface area contributed by atoms with Crippen molar-refractivity contribution < 1.29 is 8.76 Å². The highest BCUT2D eigenvalue weighted by Gasteiger charge is 2.54. The van der Waals surface area contributed by atoms with Crippen molar-refractivity contribution in [2.75, 3.05) is 32.9 Å². The van der Waals surface area contributed by atoms with Gasteiger partial charge < -0.3 is 10.6 Å². The molecule has 5 rings (SSSR count). The monoisotopic (exact) mass is 521 g/mol. The molecule has 9 unspecified atom stereocenters. The fraction of sp³-hybridized carbons (Fsp3) is 0.963. The third-order valence-corrected chi connectivity index (χ3v) is 11.5. The van der Waals surface area contributed by atoms with E-state index in [-0.39, 0.29) is 11.5 Å². The molecule has 9 heteroatoms. The van der Waals surface area contributed by atoms with Gasteiger partial charge in [-0.3, -0.25) is 5.43 Å². The molecule has 3 aliphatic heterocycles. The summed E-state index contributed by atoms with van der Waals surface area (Å²) in [6, 6.07) is 4.33. The summed E-state index contributed by atoms with van der Waals surface area (Å²) in [5.74, 6) is 3.81. The lowest BCUT2D eigenvalue weighted by Gasteiger charge is -2.50. The maximum absolute atomic E-state index is 11.9. The van der Waals surface area contributed by atoms with Crippen LogP contribution in [0.1, 0.15) is 65.2 Å². The largest absolute Gasteiger partial charge is 0.315 e. The van der Waals surface area contributed by atoms with Crippen LogP contribution < -0.4 is 20.8 Å². The van der Waals surface area contributed by atoms with E-state index >= 15 is 0 Å². The first-order valence-electron chi connectivity index (χ1n) is 14.4. The maximum atomic E-state index is 11.9. The molecule has 204 valence electrons. The van der Waals surface area contributed by atoms with Crippen LogP contribution in [0, 0.1) is 52.3 Å². The Hall–Kier alpha value is -0.600. The quantitative estimate of drug-likeness (QED) is 0.354. The van der Waals surface area contributed by atoms with E-state index in [1.54, 1.807) is 0 Å². The highest BCUT2D eigenvalue weighted by Crippen LogP contribution is 2.49. The zero-order chi connectivity index (χ0) is 25.7. The van der Waals surface area contributed by atoms with E-state index in [2.05, 4.69) is 52.8 Å². The molecule has 3 heterocycles. The van der Waals surface area contributed by atoms with Crippen molar-refractivity contribution in [3.8, 4) is 6.07 Å². The van der Waals surface area contributed by atoms with Gasteiger partial charge in [-0.15, -0.1) is 4.72 Å². The molecule has 0 amide bonds. The van der Waals surface area contributed by atoms with Crippen LogP contribution in [0.5, 0.6) is 0 Å². The summed E-state index contributed by atoms with van der Waals surface area (Å²) in [5.41, 5.74) is 3.72. The molecular formula is C27H49N6O2S+. The first-order chi connectivity index (χ1) is 17.1. The third kappa shape index (κ3) is 5.56. The Bertz CT molecular complexity index is 865. The Balaban J connectivity index is 1.27. The molecule has 5 aliphatic rings. The van der Waals surface area contributed by atoms with Crippen molar-refractivity contribution >= 4 is 10.4 Å². The molecule has 0 bridgehead atoms. The van der Waals surface area contributed by atoms with E-state index in [9.17, 15) is 14.0 Å². The molecule has 9 atom stereocenters. The van der Waals surface area contributed by atoms with E-state index in [0.29, 0.717) is 53.6 Å². The van der Waals surface area contributed by atoms with Crippen molar-refractivity contribution in [2.24, 2.45) is 40.9 Å². The fourth-order valence-corrected chi connectivity index (χ4v) is 9.60. The molecule has 0 aromatic heterocycles. The first-order valence-corrected chi connectivity index (χ1v) is 16.3. The van der Waals surface area contributed by atoms with Gasteiger partial charge in [-0.25, -0.2) is 5.01 Å². The van der Waals surface area contributed by atoms with Gasteiger partial charge in [0.15, 0.2) is 6.26 Å². The summed E-state index contributed by atoms with van der Waals surface area (Å²) in [4.78, 5) is 0. The second kappa shape index (κ2) is 10.5. The average Bonchev–Trinajstić information content (AvgIpc) is 3.20. The van der Waals surface area contributed by atoms with Gasteiger partial charge in [0.1, 0.15) is 0 Å². The zero-order valence-corrected chi connectivity index (χ0v) is 23.5. The van der Waals surface area contributed by atoms with Crippen LogP contribution in [0.2, 0.25) is 0 Å². The number of hydrazine groups is 1. The summed E-state index contributed by atoms with van der Waals surface area (Å²) in [6.45, 7) is 7.11. The zero-order valence-electron chi connectivity index (χ0n) is 22.7. The Kier molecular flexibility index (Phi) is 7.89. The maximum Gasteiger partial charge on any atom is 0.285 e. The van der Waals surface area contributed by atoms with E-state index in [1.165, 1.54) is 51.2 Å². The number of nitriles is 1. The lowest BCUT2D eigenvalue weighted by atomic mass is 9.60. The van der Waals surface area contributed by atoms with Crippen LogP contribution in [0.25, 0.3) is 0 Å². The molecule has 36 heavy (non-hydrogen) atoms. The fourth-order valence-electron chi connectivity index (χ4n) is 8.80. The molecule has 0 spiro atoms. The number of piperidine rings is 2. The van der Waals surface area contributed by atoms with Gasteiger partial charge in [0.25, 0.3) is 10.4 Å². The van der Waals surface area contributed by atoms with Gasteiger partial charge in [-0.1, -0.05) is 0 Å². The summed E-state index contributed by atoms with van der Waals surface area (Å²) < 4.78 is 24.7. The SMILES string of the molecule is CN1NC(C2CCC(C(C)(C)C#N)CC2)C2C3CC(C4CNCC(N[S+](C)(=O)O)C4)CCC3NCC21. The Morgan fingerprint density at radius 2 is 1.75 bits per heavy atom. The standard InChI is InChI=1S/C27H48N6O2S/c1-27(2,16-28)20-8-5-17(6-9-20)26-25-22-12-18(7-10-23(22)30-15-24(25)33(3)31-26)19-11-21(14-29-13-19)32-36(4,34)35/h17-26,29-31H,5-15H2,1-4H3,(H-,32,34,35)/p+1. The van der Waals surface area contributed by atoms with Gasteiger partial charge in [-0.2, -0.15) is 9.81 Å². The van der Waals surface area contributed by atoms with E-state index in [1.807, 2.05) is 0 Å². The highest BCUT2D eigenvalue weighted by molar-refractivity contribution is 7.95. The second-order valence-electron chi connectivity index (χ2n) is 13.4. The van der Waals surface area contributed by atoms with E-state index in [4.69, 9.17) is 0 Å². The van der Waals surface area contributed by atoms with E-state index in [0.717, 1.165) is 26.1 Å². The number of hydrogen-bond donors (Lipinski definition) is 5. The lowest BCUT2D eigenvalue weighted by molar-refractivity contribution is 0.0373. The van der Waals surface area contributed by atoms with Gasteiger partial charge >= 0.3 is 0 Å². The number of hydrogen-bond acceptors (Lipinski definition) is 6. The Labute approximate surface area is 219 Å². The Morgan fingerprint density at radius 1 is 1.03 bits per heavy atom. The smallest absolute Gasteiger partial charge is 0.285 e. The summed E-state index contributed by atoms with van der Waals surface area (Å²) >= 11 is 0. The van der Waals surface area contributed by atoms with Crippen molar-refractivity contribution in [3.63, 3.8) is 0 Å². The van der Waals surface area contributed by atoms with Crippen LogP contribution in [-0.4, -0.2) is 66.7 Å². The number of nitrogens with one attached hydrogen (secondary N) is 4. The lowest BCUT2D eigenvalue weighted by Crippen LogP contribution is -2.59. The summed E-state index contributed by atoms with van der Waals surface area (Å²) in [7, 11) is -0.692. The number of nitrogens with zero attached hydrogens (tertiary/aromatic N) is 2. The number of fused-ring (bicyclic) bond motifs is 3. The van der Waals surface area contributed by atoms with Crippen molar-refractivity contribution in [2.45, 2.75) is 89.4 Å². The van der Waals surface area contributed by atoms with Crippen molar-refractivity contribution in [1.29, 1.82) is 5.26 Å². The minimum atomic E-state index is -2.93. The normalized spacial score (nSPS) is 45.8. The minimum Gasteiger partial charge on any atom is -0.315 e. The van der Waals surface area contributed by atoms with Crippen LogP contribution in [0.15, 0.2) is 0 Å². The first kappa shape index (κ1) is 27.0. The molecule has 8 nitrogen and oxygen atoms in total. The Morgan fingerprint density at radius 3 is 2.44 bits per heavy atom. The average molecular weight is 522 g/mol. The minimum absolute atomic E-state index is 0.0704. The predicted octanol–water partition coefficient (Wildman–Crippen LogP) is 2.62. The number of rotatable bonds is 5. The highest BCUT2D eigenvalue weighted by atomic mass is 32.3. The topological polar surface area (TPSA) is 112 Å². The predicted molar refractivity (Wildman–Crippen MR) is 144 cm³/mol. The van der Waals surface area contributed by atoms with Crippen molar-refractivity contribution in [1.82, 2.24) is 25.8 Å². The van der Waals surface area contributed by atoms with Crippen LogP contribution in [-0.2, 0) is 14.6 Å². The molecular weight excluding hydrogens is 472 g/mol. The molecule has 0 radical (unpaired) electrons. The second-order valence-corrected chi connectivity index (χ2v) is 15.2. The summed E-state index contributed by atoms with van der Waals surface area (Å²) in [6.07, 6.45) is 11.0. The van der Waals surface area contributed by atoms with Gasteiger partial charge in [0, 0.05) is 38.3 Å². The molecule has 3 saturated heterocycles. The van der Waals surface area contributed by atoms with Gasteiger partial charge in [0.05, 0.1) is 17.5 Å². The third-order valence-electron chi connectivity index (χ3n) is 10.8. The van der Waals surface area contributed by atoms with Crippen LogP contribution >= 0.6 is 0 Å².